The molecule has 0 aromatic rings. The Morgan fingerprint density at radius 3 is 1.20 bits per heavy atom. The molecule has 0 nitrogen and oxygen atoms in total. The molecule has 0 bridgehead atoms. The van der Waals surface area contributed by atoms with Crippen molar-refractivity contribution in [2.24, 2.45) is 0 Å². The Balaban J connectivity index is 0. The molecule has 0 aromatic heterocycles. The monoisotopic (exact) mass is 420 g/mol. The standard InChI is InChI=1S/Ag.3ClH.Pb/h;3*1H;/q+1;;;;+2/p-3. The van der Waals surface area contributed by atoms with Gasteiger partial charge in [-0.25, -0.2) is 0 Å². The molecule has 0 aliphatic carbocycles. The van der Waals surface area contributed by atoms with E-state index in [4.69, 9.17) is 16.6 Å². The van der Waals surface area contributed by atoms with Crippen molar-refractivity contribution in [1.29, 1.82) is 0 Å². The molecule has 0 aliphatic heterocycles. The maximum atomic E-state index is 4.96. The predicted molar refractivity (Wildman–Crippen MR) is 23.3 cm³/mol. The van der Waals surface area contributed by atoms with E-state index in [1.54, 1.807) is 0 Å². The molecule has 0 amide bonds. The van der Waals surface area contributed by atoms with Crippen molar-refractivity contribution >= 4 is 47.6 Å². The summed E-state index contributed by atoms with van der Waals surface area (Å²) in [4.78, 5) is 0. The molecule has 0 aliphatic rings. The van der Waals surface area contributed by atoms with Gasteiger partial charge in [-0.15, -0.1) is 0 Å². The van der Waals surface area contributed by atoms with Crippen molar-refractivity contribution in [3.8, 4) is 0 Å². The van der Waals surface area contributed by atoms with Crippen LogP contribution in [0.4, 0.5) is 0 Å². The SMILES string of the molecule is [Cl][Ag].[Cl][Pb][Cl]. The molecule has 0 atom stereocenters. The molecule has 0 rings (SSSR count). The first-order valence-corrected chi connectivity index (χ1v) is 12.0. The van der Waals surface area contributed by atoms with E-state index in [9.17, 15) is 0 Å². The summed E-state index contributed by atoms with van der Waals surface area (Å²) >= 11 is 1.45. The summed E-state index contributed by atoms with van der Waals surface area (Å²) in [5.41, 5.74) is 0. The van der Waals surface area contributed by atoms with E-state index in [1.807, 2.05) is 0 Å². The average Bonchev–Trinajstić information content (AvgIpc) is 1.46. The average molecular weight is 421 g/mol. The van der Waals surface area contributed by atoms with E-state index in [-0.39, 0.29) is 0 Å². The van der Waals surface area contributed by atoms with Gasteiger partial charge in [-0.1, -0.05) is 0 Å². The molecule has 0 saturated carbocycles. The van der Waals surface area contributed by atoms with Gasteiger partial charge in [-0.2, -0.15) is 0 Å². The first kappa shape index (κ1) is 10.5. The van der Waals surface area contributed by atoms with E-state index < -0.39 is 21.8 Å². The Hall–Kier alpha value is 2.53. The van der Waals surface area contributed by atoms with Crippen LogP contribution in [0.5, 0.6) is 0 Å². The van der Waals surface area contributed by atoms with E-state index in [2.05, 4.69) is 29.2 Å². The van der Waals surface area contributed by atoms with Gasteiger partial charge >= 0.3 is 67.6 Å². The summed E-state index contributed by atoms with van der Waals surface area (Å²) in [6.07, 6.45) is 0. The summed E-state index contributed by atoms with van der Waals surface area (Å²) in [6, 6.07) is 0. The summed E-state index contributed by atoms with van der Waals surface area (Å²) in [5.74, 6) is 0. The third-order valence-electron chi connectivity index (χ3n) is 0. The fourth-order valence-electron chi connectivity index (χ4n) is 0. The fraction of sp³-hybridized carbons (Fsp3) is 0. The first-order valence-electron chi connectivity index (χ1n) is 0.492. The van der Waals surface area contributed by atoms with Crippen molar-refractivity contribution in [1.82, 2.24) is 0 Å². The minimum atomic E-state index is -0.972. The van der Waals surface area contributed by atoms with Crippen LogP contribution < -0.4 is 0 Å². The minimum absolute atomic E-state index is 0.972. The quantitative estimate of drug-likeness (QED) is 0.523. The number of rotatable bonds is 0. The molecule has 5 heteroatoms. The molecule has 0 aromatic carbocycles. The first-order chi connectivity index (χ1) is 2.41. The van der Waals surface area contributed by atoms with E-state index in [0.29, 0.717) is 0 Å². The van der Waals surface area contributed by atoms with E-state index >= 15 is 0 Å². The second-order valence-corrected chi connectivity index (χ2v) is 5.64. The van der Waals surface area contributed by atoms with Crippen LogP contribution in [0.15, 0.2) is 0 Å². The van der Waals surface area contributed by atoms with E-state index in [0.717, 1.165) is 0 Å². The molecule has 5 heavy (non-hydrogen) atoms. The summed E-state index contributed by atoms with van der Waals surface area (Å²) in [6.45, 7) is 0. The van der Waals surface area contributed by atoms with Crippen molar-refractivity contribution < 1.29 is 20.0 Å². The van der Waals surface area contributed by atoms with Crippen LogP contribution >= 0.6 is 25.8 Å². The van der Waals surface area contributed by atoms with Gasteiger partial charge < -0.3 is 0 Å². The third kappa shape index (κ3) is 20.9. The van der Waals surface area contributed by atoms with Gasteiger partial charge in [0.25, 0.3) is 0 Å². The van der Waals surface area contributed by atoms with E-state index in [1.165, 1.54) is 0 Å². The Morgan fingerprint density at radius 2 is 1.20 bits per heavy atom. The van der Waals surface area contributed by atoms with Crippen molar-refractivity contribution in [3.63, 3.8) is 0 Å². The van der Waals surface area contributed by atoms with Crippen LogP contribution in [-0.2, 0) is 20.0 Å². The Bertz CT molecular complexity index is 6.85. The van der Waals surface area contributed by atoms with Crippen LogP contribution in [0, 0.1) is 0 Å². The van der Waals surface area contributed by atoms with Crippen LogP contribution in [-0.4, -0.2) is 21.8 Å². The second-order valence-electron chi connectivity index (χ2n) is 0.0714. The molecule has 2 radical (unpaired) electrons. The molecule has 0 heterocycles. The number of halogens is 3. The molecule has 0 fully saturated rings. The predicted octanol–water partition coefficient (Wildman–Crippen LogP) is 1.69. The zero-order valence-electron chi connectivity index (χ0n) is 1.94. The summed E-state index contributed by atoms with van der Waals surface area (Å²) < 4.78 is 0. The Morgan fingerprint density at radius 1 is 1.20 bits per heavy atom. The molecule has 36 valence electrons. The summed E-state index contributed by atoms with van der Waals surface area (Å²) in [5, 5.41) is 0. The normalized spacial score (nSPS) is 5.00. The molecule has 0 spiro atoms. The Labute approximate surface area is 66.4 Å². The van der Waals surface area contributed by atoms with Crippen molar-refractivity contribution in [2.45, 2.75) is 0 Å². The molecule has 0 N–H and O–H groups in total. The van der Waals surface area contributed by atoms with Gasteiger partial charge in [-0.3, -0.25) is 0 Å². The van der Waals surface area contributed by atoms with Crippen LogP contribution in [0.2, 0.25) is 0 Å². The van der Waals surface area contributed by atoms with Gasteiger partial charge in [0, 0.05) is 0 Å². The van der Waals surface area contributed by atoms with Gasteiger partial charge in [0.2, 0.25) is 0 Å². The third-order valence-corrected chi connectivity index (χ3v) is 0. The molecule has 0 saturated heterocycles. The fourth-order valence-corrected chi connectivity index (χ4v) is 0. The molecular formula is AgCl3Pb. The van der Waals surface area contributed by atoms with Crippen molar-refractivity contribution in [2.75, 3.05) is 0 Å². The van der Waals surface area contributed by atoms with Crippen LogP contribution in [0.3, 0.4) is 0 Å². The summed E-state index contributed by atoms with van der Waals surface area (Å²) in [7, 11) is 14.4. The second kappa shape index (κ2) is 16.0. The topological polar surface area (TPSA) is 0 Å². The Kier molecular flexibility index (Phi) is 33.7. The molecule has 0 unspecified atom stereocenters. The van der Waals surface area contributed by atoms with Crippen LogP contribution in [0.1, 0.15) is 0 Å². The van der Waals surface area contributed by atoms with Crippen molar-refractivity contribution in [3.05, 3.63) is 0 Å². The zero-order valence-corrected chi connectivity index (χ0v) is 9.57. The van der Waals surface area contributed by atoms with Gasteiger partial charge in [0.15, 0.2) is 0 Å². The van der Waals surface area contributed by atoms with Gasteiger partial charge in [0.05, 0.1) is 0 Å². The van der Waals surface area contributed by atoms with Crippen LogP contribution in [0.25, 0.3) is 0 Å². The number of hydrogen-bond donors (Lipinski definition) is 0. The maximum absolute atomic E-state index is 4.96. The van der Waals surface area contributed by atoms with Gasteiger partial charge in [-0.05, 0) is 0 Å². The van der Waals surface area contributed by atoms with Gasteiger partial charge in [0.1, 0.15) is 0 Å². The molecular weight excluding hydrogens is 421 g/mol. The zero-order chi connectivity index (χ0) is 4.71. The number of hydrogen-bond acceptors (Lipinski definition) is 0.